The molecule has 2 aliphatic heterocycles. The SMILES string of the molecule is NCC(O)CCN1CCN2CCCC2C1. The Labute approximate surface area is 92.0 Å². The summed E-state index contributed by atoms with van der Waals surface area (Å²) in [5.41, 5.74) is 5.40. The van der Waals surface area contributed by atoms with Gasteiger partial charge >= 0.3 is 0 Å². The number of hydrogen-bond acceptors (Lipinski definition) is 4. The molecule has 4 heteroatoms. The number of aliphatic hydroxyl groups is 1. The van der Waals surface area contributed by atoms with Gasteiger partial charge in [0.25, 0.3) is 0 Å². The van der Waals surface area contributed by atoms with Gasteiger partial charge in [0.15, 0.2) is 0 Å². The second-order valence-electron chi connectivity index (χ2n) is 4.81. The van der Waals surface area contributed by atoms with Gasteiger partial charge in [0.2, 0.25) is 0 Å². The molecule has 2 atom stereocenters. The molecule has 2 unspecified atom stereocenters. The van der Waals surface area contributed by atoms with Crippen molar-refractivity contribution >= 4 is 0 Å². The molecule has 0 bridgehead atoms. The first kappa shape index (κ1) is 11.3. The maximum absolute atomic E-state index is 9.41. The number of nitrogens with two attached hydrogens (primary N) is 1. The summed E-state index contributed by atoms with van der Waals surface area (Å²) in [7, 11) is 0. The molecule has 0 aromatic rings. The van der Waals surface area contributed by atoms with Crippen molar-refractivity contribution in [3.63, 3.8) is 0 Å². The van der Waals surface area contributed by atoms with Gasteiger partial charge in [0.05, 0.1) is 6.10 Å². The van der Waals surface area contributed by atoms with E-state index in [1.807, 2.05) is 0 Å². The van der Waals surface area contributed by atoms with Crippen LogP contribution < -0.4 is 5.73 Å². The standard InChI is InChI=1S/C11H23N3O/c12-8-11(15)3-5-13-6-7-14-4-1-2-10(14)9-13/h10-11,15H,1-9,12H2. The summed E-state index contributed by atoms with van der Waals surface area (Å²) in [4.78, 5) is 5.08. The number of fused-ring (bicyclic) bond motifs is 1. The van der Waals surface area contributed by atoms with Crippen LogP contribution in [0, 0.1) is 0 Å². The maximum atomic E-state index is 9.41. The molecule has 0 spiro atoms. The molecule has 2 fully saturated rings. The third-order valence-corrected chi connectivity index (χ3v) is 3.72. The third-order valence-electron chi connectivity index (χ3n) is 3.72. The van der Waals surface area contributed by atoms with Gasteiger partial charge in [-0.05, 0) is 25.8 Å². The fraction of sp³-hybridized carbons (Fsp3) is 1.00. The summed E-state index contributed by atoms with van der Waals surface area (Å²) in [5, 5.41) is 9.41. The average molecular weight is 213 g/mol. The maximum Gasteiger partial charge on any atom is 0.0674 e. The highest BCUT2D eigenvalue weighted by Crippen LogP contribution is 2.21. The van der Waals surface area contributed by atoms with Gasteiger partial charge in [0, 0.05) is 38.8 Å². The van der Waals surface area contributed by atoms with Crippen molar-refractivity contribution in [2.45, 2.75) is 31.4 Å². The Bertz CT molecular complexity index is 200. The second kappa shape index (κ2) is 5.25. The summed E-state index contributed by atoms with van der Waals surface area (Å²) < 4.78 is 0. The van der Waals surface area contributed by atoms with Crippen LogP contribution in [0.2, 0.25) is 0 Å². The second-order valence-corrected chi connectivity index (χ2v) is 4.81. The number of rotatable bonds is 4. The Balaban J connectivity index is 1.71. The van der Waals surface area contributed by atoms with Crippen LogP contribution in [0.25, 0.3) is 0 Å². The van der Waals surface area contributed by atoms with Gasteiger partial charge in [-0.2, -0.15) is 0 Å². The smallest absolute Gasteiger partial charge is 0.0674 e. The lowest BCUT2D eigenvalue weighted by Gasteiger charge is -2.37. The molecule has 15 heavy (non-hydrogen) atoms. The lowest BCUT2D eigenvalue weighted by molar-refractivity contribution is 0.0854. The van der Waals surface area contributed by atoms with Gasteiger partial charge in [-0.3, -0.25) is 4.90 Å². The number of nitrogens with zero attached hydrogens (tertiary/aromatic N) is 2. The molecule has 2 rings (SSSR count). The fourth-order valence-electron chi connectivity index (χ4n) is 2.71. The summed E-state index contributed by atoms with van der Waals surface area (Å²) in [6.45, 7) is 6.25. The van der Waals surface area contributed by atoms with E-state index in [-0.39, 0.29) is 6.10 Å². The monoisotopic (exact) mass is 213 g/mol. The lowest BCUT2D eigenvalue weighted by atomic mass is 10.1. The van der Waals surface area contributed by atoms with Crippen molar-refractivity contribution in [3.8, 4) is 0 Å². The molecule has 2 heterocycles. The molecular weight excluding hydrogens is 190 g/mol. The Morgan fingerprint density at radius 3 is 3.00 bits per heavy atom. The number of hydrogen-bond donors (Lipinski definition) is 2. The van der Waals surface area contributed by atoms with Gasteiger partial charge in [0.1, 0.15) is 0 Å². The quantitative estimate of drug-likeness (QED) is 0.659. The van der Waals surface area contributed by atoms with E-state index in [0.717, 1.165) is 25.6 Å². The van der Waals surface area contributed by atoms with Crippen LogP contribution in [0.5, 0.6) is 0 Å². The molecule has 0 aromatic carbocycles. The van der Waals surface area contributed by atoms with E-state index >= 15 is 0 Å². The third kappa shape index (κ3) is 2.91. The van der Waals surface area contributed by atoms with Gasteiger partial charge in [-0.25, -0.2) is 0 Å². The van der Waals surface area contributed by atoms with Crippen molar-refractivity contribution in [1.82, 2.24) is 9.80 Å². The first-order valence-electron chi connectivity index (χ1n) is 6.14. The van der Waals surface area contributed by atoms with Gasteiger partial charge in [-0.1, -0.05) is 0 Å². The minimum atomic E-state index is -0.313. The highest BCUT2D eigenvalue weighted by Gasteiger charge is 2.30. The number of piperazine rings is 1. The van der Waals surface area contributed by atoms with E-state index in [0.29, 0.717) is 6.54 Å². The molecule has 0 aromatic heterocycles. The van der Waals surface area contributed by atoms with E-state index in [9.17, 15) is 5.11 Å². The molecule has 2 aliphatic rings. The fourth-order valence-corrected chi connectivity index (χ4v) is 2.71. The molecule has 0 aliphatic carbocycles. The first-order valence-corrected chi connectivity index (χ1v) is 6.14. The zero-order valence-electron chi connectivity index (χ0n) is 9.44. The van der Waals surface area contributed by atoms with Crippen molar-refractivity contribution in [2.24, 2.45) is 5.73 Å². The summed E-state index contributed by atoms with van der Waals surface area (Å²) in [6.07, 6.45) is 3.23. The van der Waals surface area contributed by atoms with E-state index in [4.69, 9.17) is 5.73 Å². The predicted molar refractivity (Wildman–Crippen MR) is 60.7 cm³/mol. The Morgan fingerprint density at radius 1 is 1.33 bits per heavy atom. The van der Waals surface area contributed by atoms with E-state index in [1.54, 1.807) is 0 Å². The molecule has 0 radical (unpaired) electrons. The van der Waals surface area contributed by atoms with Crippen molar-refractivity contribution in [3.05, 3.63) is 0 Å². The molecular formula is C11H23N3O. The van der Waals surface area contributed by atoms with E-state index in [2.05, 4.69) is 9.80 Å². The minimum Gasteiger partial charge on any atom is -0.392 e. The largest absolute Gasteiger partial charge is 0.392 e. The summed E-state index contributed by atoms with van der Waals surface area (Å²) in [6, 6.07) is 0.786. The Kier molecular flexibility index (Phi) is 3.97. The Morgan fingerprint density at radius 2 is 2.20 bits per heavy atom. The van der Waals surface area contributed by atoms with E-state index in [1.165, 1.54) is 32.5 Å². The van der Waals surface area contributed by atoms with Crippen LogP contribution in [0.15, 0.2) is 0 Å². The predicted octanol–water partition coefficient (Wildman–Crippen LogP) is -0.524. The topological polar surface area (TPSA) is 52.7 Å². The average Bonchev–Trinajstić information content (AvgIpc) is 2.72. The summed E-state index contributed by atoms with van der Waals surface area (Å²) in [5.74, 6) is 0. The molecule has 3 N–H and O–H groups in total. The van der Waals surface area contributed by atoms with Crippen LogP contribution in [0.4, 0.5) is 0 Å². The van der Waals surface area contributed by atoms with Crippen molar-refractivity contribution in [2.75, 3.05) is 39.3 Å². The van der Waals surface area contributed by atoms with Crippen LogP contribution >= 0.6 is 0 Å². The molecule has 0 amide bonds. The van der Waals surface area contributed by atoms with Gasteiger partial charge in [-0.15, -0.1) is 0 Å². The molecule has 88 valence electrons. The zero-order chi connectivity index (χ0) is 10.7. The minimum absolute atomic E-state index is 0.313. The van der Waals surface area contributed by atoms with Crippen molar-refractivity contribution < 1.29 is 5.11 Å². The van der Waals surface area contributed by atoms with Crippen molar-refractivity contribution in [1.29, 1.82) is 0 Å². The van der Waals surface area contributed by atoms with Crippen LogP contribution in [0.1, 0.15) is 19.3 Å². The molecule has 4 nitrogen and oxygen atoms in total. The zero-order valence-corrected chi connectivity index (χ0v) is 9.44. The normalized spacial score (nSPS) is 30.4. The van der Waals surface area contributed by atoms with E-state index < -0.39 is 0 Å². The molecule has 2 saturated heterocycles. The summed E-state index contributed by atoms with van der Waals surface area (Å²) >= 11 is 0. The van der Waals surface area contributed by atoms with Crippen LogP contribution in [-0.2, 0) is 0 Å². The number of aliphatic hydroxyl groups excluding tert-OH is 1. The Hall–Kier alpha value is -0.160. The highest BCUT2D eigenvalue weighted by atomic mass is 16.3. The van der Waals surface area contributed by atoms with Crippen LogP contribution in [-0.4, -0.2) is 66.3 Å². The first-order chi connectivity index (χ1) is 7.29. The molecule has 0 saturated carbocycles. The van der Waals surface area contributed by atoms with Gasteiger partial charge < -0.3 is 15.7 Å². The lowest BCUT2D eigenvalue weighted by Crippen LogP contribution is -2.50. The highest BCUT2D eigenvalue weighted by molar-refractivity contribution is 4.86. The van der Waals surface area contributed by atoms with Crippen LogP contribution in [0.3, 0.4) is 0 Å².